The molecule has 2 saturated heterocycles. The van der Waals surface area contributed by atoms with Gasteiger partial charge in [-0.05, 0) is 30.7 Å². The van der Waals surface area contributed by atoms with Crippen LogP contribution in [0.3, 0.4) is 0 Å². The van der Waals surface area contributed by atoms with Gasteiger partial charge in [-0.15, -0.1) is 0 Å². The number of Topliss-reactive ketones (excluding diaryl/α,β-unsaturated/α-hetero) is 2. The van der Waals surface area contributed by atoms with Crippen molar-refractivity contribution in [3.8, 4) is 0 Å². The number of ketones is 2. The maximum atomic E-state index is 13.8. The van der Waals surface area contributed by atoms with E-state index in [0.29, 0.717) is 16.5 Å². The normalized spacial score (nSPS) is 24.2. The summed E-state index contributed by atoms with van der Waals surface area (Å²) in [6, 6.07) is 16.8. The van der Waals surface area contributed by atoms with Gasteiger partial charge in [-0.2, -0.15) is 13.2 Å². The molecule has 6 nitrogen and oxygen atoms in total. The topological polar surface area (TPSA) is 80.8 Å². The number of rotatable bonds is 2. The van der Waals surface area contributed by atoms with Gasteiger partial charge >= 0.3 is 6.18 Å². The van der Waals surface area contributed by atoms with E-state index in [4.69, 9.17) is 4.74 Å². The fourth-order valence-electron chi connectivity index (χ4n) is 5.65. The van der Waals surface area contributed by atoms with E-state index in [1.54, 1.807) is 36.4 Å². The highest BCUT2D eigenvalue weighted by atomic mass is 19.4. The lowest BCUT2D eigenvalue weighted by molar-refractivity contribution is -0.137. The van der Waals surface area contributed by atoms with E-state index < -0.39 is 58.7 Å². The number of amides is 2. The Labute approximate surface area is 208 Å². The minimum Gasteiger partial charge on any atom is -0.349 e. The quantitative estimate of drug-likeness (QED) is 0.372. The largest absolute Gasteiger partial charge is 0.416 e. The van der Waals surface area contributed by atoms with E-state index in [1.165, 1.54) is 18.2 Å². The average Bonchev–Trinajstić information content (AvgIpc) is 3.44. The number of ether oxygens (including phenoxy) is 1. The molecule has 0 bridgehead atoms. The van der Waals surface area contributed by atoms with Gasteiger partial charge in [-0.3, -0.25) is 19.2 Å². The Morgan fingerprint density at radius 2 is 1.43 bits per heavy atom. The summed E-state index contributed by atoms with van der Waals surface area (Å²) in [7, 11) is 0. The second-order valence-corrected chi connectivity index (χ2v) is 9.45. The molecule has 3 aromatic carbocycles. The zero-order chi connectivity index (χ0) is 26.3. The third-order valence-corrected chi connectivity index (χ3v) is 7.36. The van der Waals surface area contributed by atoms with Gasteiger partial charge in [0.25, 0.3) is 0 Å². The molecule has 0 saturated carbocycles. The summed E-state index contributed by atoms with van der Waals surface area (Å²) >= 11 is 0. The van der Waals surface area contributed by atoms with Crippen molar-refractivity contribution in [3.05, 3.63) is 101 Å². The van der Waals surface area contributed by atoms with E-state index in [0.717, 1.165) is 17.7 Å². The molecular formula is C28H18F3NO5. The van der Waals surface area contributed by atoms with E-state index >= 15 is 0 Å². The van der Waals surface area contributed by atoms with Crippen LogP contribution >= 0.6 is 0 Å². The number of imide groups is 1. The second-order valence-electron chi connectivity index (χ2n) is 9.45. The highest BCUT2D eigenvalue weighted by molar-refractivity contribution is 6.37. The lowest BCUT2D eigenvalue weighted by Crippen LogP contribution is -2.51. The predicted molar refractivity (Wildman–Crippen MR) is 124 cm³/mol. The molecule has 37 heavy (non-hydrogen) atoms. The van der Waals surface area contributed by atoms with Crippen LogP contribution in [0.2, 0.25) is 0 Å². The number of carbonyl (C=O) groups excluding carboxylic acids is 4. The number of halogens is 3. The van der Waals surface area contributed by atoms with Gasteiger partial charge in [-0.1, -0.05) is 60.2 Å². The second kappa shape index (κ2) is 7.69. The van der Waals surface area contributed by atoms with E-state index in [9.17, 15) is 32.3 Å². The van der Waals surface area contributed by atoms with Gasteiger partial charge < -0.3 is 4.74 Å². The highest BCUT2D eigenvalue weighted by Gasteiger charge is 2.74. The van der Waals surface area contributed by atoms with Gasteiger partial charge in [0.2, 0.25) is 29.0 Å². The van der Waals surface area contributed by atoms with Crippen molar-refractivity contribution in [3.63, 3.8) is 0 Å². The Balaban J connectivity index is 1.53. The zero-order valence-electron chi connectivity index (χ0n) is 19.3. The number of benzene rings is 3. The summed E-state index contributed by atoms with van der Waals surface area (Å²) in [6.45, 7) is 1.85. The van der Waals surface area contributed by atoms with Crippen LogP contribution in [0.1, 0.15) is 43.5 Å². The molecule has 3 aromatic rings. The van der Waals surface area contributed by atoms with Crippen molar-refractivity contribution in [2.45, 2.75) is 24.8 Å². The third-order valence-electron chi connectivity index (χ3n) is 7.36. The maximum absolute atomic E-state index is 13.8. The van der Waals surface area contributed by atoms with Crippen LogP contribution in [0.4, 0.5) is 18.9 Å². The molecule has 3 aliphatic rings. The summed E-state index contributed by atoms with van der Waals surface area (Å²) < 4.78 is 46.3. The van der Waals surface area contributed by atoms with Gasteiger partial charge in [0, 0.05) is 11.1 Å². The monoisotopic (exact) mass is 505 g/mol. The van der Waals surface area contributed by atoms with Crippen LogP contribution < -0.4 is 4.90 Å². The molecule has 2 amide bonds. The SMILES string of the molecule is Cc1ccc([C@@H]2OC3(C(=O)c4ccccc4C3=O)[C@@H]3C(=O)N(c4cccc(C(F)(F)F)c4)C(=O)[C@@H]32)cc1. The van der Waals surface area contributed by atoms with Crippen molar-refractivity contribution in [1.29, 1.82) is 0 Å². The third kappa shape index (κ3) is 3.10. The smallest absolute Gasteiger partial charge is 0.349 e. The van der Waals surface area contributed by atoms with Crippen molar-refractivity contribution in [2.24, 2.45) is 11.8 Å². The number of hydrogen-bond acceptors (Lipinski definition) is 5. The molecule has 1 spiro atoms. The first-order valence-electron chi connectivity index (χ1n) is 11.5. The van der Waals surface area contributed by atoms with Crippen molar-refractivity contribution >= 4 is 29.1 Å². The number of anilines is 1. The zero-order valence-corrected chi connectivity index (χ0v) is 19.3. The Bertz CT molecular complexity index is 1480. The molecular weight excluding hydrogens is 487 g/mol. The van der Waals surface area contributed by atoms with Gasteiger partial charge in [-0.25, -0.2) is 4.90 Å². The number of alkyl halides is 3. The summed E-state index contributed by atoms with van der Waals surface area (Å²) in [6.07, 6.45) is -5.84. The molecule has 2 heterocycles. The number of fused-ring (bicyclic) bond motifs is 3. The number of nitrogens with zero attached hydrogens (tertiary/aromatic N) is 1. The molecule has 2 fully saturated rings. The minimum atomic E-state index is -4.70. The summed E-state index contributed by atoms with van der Waals surface area (Å²) in [5.74, 6) is -6.05. The summed E-state index contributed by atoms with van der Waals surface area (Å²) in [5, 5.41) is 0. The molecule has 3 atom stereocenters. The van der Waals surface area contributed by atoms with Crippen LogP contribution in [-0.2, 0) is 20.5 Å². The number of aryl methyl sites for hydroxylation is 1. The molecule has 6 rings (SSSR count). The molecule has 0 aromatic heterocycles. The standard InChI is InChI=1S/C28H18F3NO5/c1-14-9-11-15(12-10-14)22-20-21(27(37-22)23(33)18-7-2-3-8-19(18)24(27)34)26(36)32(25(20)35)17-6-4-5-16(13-17)28(29,30)31/h2-13,20-22H,1H3/t20-,21-,22-/m0/s1. The highest BCUT2D eigenvalue weighted by Crippen LogP contribution is 2.57. The Morgan fingerprint density at radius 3 is 2.03 bits per heavy atom. The Kier molecular flexibility index (Phi) is 4.84. The first-order valence-corrected chi connectivity index (χ1v) is 11.5. The van der Waals surface area contributed by atoms with Crippen molar-refractivity contribution in [2.75, 3.05) is 4.90 Å². The molecule has 2 aliphatic heterocycles. The summed E-state index contributed by atoms with van der Waals surface area (Å²) in [5.41, 5.74) is -2.07. The van der Waals surface area contributed by atoms with E-state index in [1.807, 2.05) is 6.92 Å². The first kappa shape index (κ1) is 23.3. The van der Waals surface area contributed by atoms with Crippen LogP contribution in [0.25, 0.3) is 0 Å². The predicted octanol–water partition coefficient (Wildman–Crippen LogP) is 4.71. The van der Waals surface area contributed by atoms with Gasteiger partial charge in [0.15, 0.2) is 0 Å². The Morgan fingerprint density at radius 1 is 0.811 bits per heavy atom. The fourth-order valence-corrected chi connectivity index (χ4v) is 5.65. The molecule has 0 radical (unpaired) electrons. The molecule has 9 heteroatoms. The van der Waals surface area contributed by atoms with E-state index in [-0.39, 0.29) is 16.8 Å². The van der Waals surface area contributed by atoms with Gasteiger partial charge in [0.1, 0.15) is 0 Å². The lowest BCUT2D eigenvalue weighted by Gasteiger charge is -2.27. The molecule has 186 valence electrons. The molecule has 0 N–H and O–H groups in total. The molecule has 1 aliphatic carbocycles. The maximum Gasteiger partial charge on any atom is 0.416 e. The first-order chi connectivity index (χ1) is 17.6. The lowest BCUT2D eigenvalue weighted by atomic mass is 9.77. The van der Waals surface area contributed by atoms with Crippen molar-refractivity contribution < 1.29 is 37.1 Å². The number of hydrogen-bond donors (Lipinski definition) is 0. The van der Waals surface area contributed by atoms with Crippen molar-refractivity contribution in [1.82, 2.24) is 0 Å². The van der Waals surface area contributed by atoms with Gasteiger partial charge in [0.05, 0.1) is 29.2 Å². The fraction of sp³-hybridized carbons (Fsp3) is 0.214. The summed E-state index contributed by atoms with van der Waals surface area (Å²) in [4.78, 5) is 55.7. The minimum absolute atomic E-state index is 0.0774. The number of carbonyl (C=O) groups is 4. The molecule has 0 unspecified atom stereocenters. The van der Waals surface area contributed by atoms with Crippen LogP contribution in [-0.4, -0.2) is 29.0 Å². The van der Waals surface area contributed by atoms with E-state index in [2.05, 4.69) is 0 Å². The van der Waals surface area contributed by atoms with Crippen LogP contribution in [0.5, 0.6) is 0 Å². The Hall–Kier alpha value is -4.11. The average molecular weight is 505 g/mol. The van der Waals surface area contributed by atoms with Crippen LogP contribution in [0, 0.1) is 18.8 Å². The van der Waals surface area contributed by atoms with Crippen LogP contribution in [0.15, 0.2) is 72.8 Å².